The molecule has 3 rings (SSSR count). The number of hydrogen-bond acceptors (Lipinski definition) is 3. The van der Waals surface area contributed by atoms with Crippen molar-refractivity contribution in [2.45, 2.75) is 11.8 Å². The van der Waals surface area contributed by atoms with E-state index in [1.54, 1.807) is 18.9 Å². The Labute approximate surface area is 159 Å². The minimum Gasteiger partial charge on any atom is -0.497 e. The van der Waals surface area contributed by atoms with E-state index in [0.29, 0.717) is 0 Å². The van der Waals surface area contributed by atoms with Crippen LogP contribution in [-0.2, 0) is 0 Å². The minimum atomic E-state index is 0.822. The van der Waals surface area contributed by atoms with Crippen molar-refractivity contribution >= 4 is 23.2 Å². The lowest BCUT2D eigenvalue weighted by molar-refractivity contribution is 0.414. The molecule has 26 heavy (non-hydrogen) atoms. The number of methoxy groups -OCH3 is 1. The Kier molecular flexibility index (Phi) is 6.29. The minimum absolute atomic E-state index is 0.822. The predicted octanol–water partition coefficient (Wildman–Crippen LogP) is 6.43. The summed E-state index contributed by atoms with van der Waals surface area (Å²) in [5.74, 6) is 0.822. The molecule has 2 nitrogen and oxygen atoms in total. The van der Waals surface area contributed by atoms with Gasteiger partial charge in [0.15, 0.2) is 0 Å². The van der Waals surface area contributed by atoms with Gasteiger partial charge in [0.2, 0.25) is 0 Å². The van der Waals surface area contributed by atoms with E-state index in [0.717, 1.165) is 22.7 Å². The third kappa shape index (κ3) is 5.11. The first-order chi connectivity index (χ1) is 12.7. The molecule has 0 saturated carbocycles. The van der Waals surface area contributed by atoms with Crippen LogP contribution in [0.1, 0.15) is 11.1 Å². The highest BCUT2D eigenvalue weighted by Gasteiger charge is 2.03. The molecule has 0 fully saturated rings. The zero-order chi connectivity index (χ0) is 18.2. The van der Waals surface area contributed by atoms with E-state index in [4.69, 9.17) is 9.73 Å². The number of benzene rings is 3. The van der Waals surface area contributed by atoms with E-state index in [2.05, 4.69) is 36.6 Å². The first-order valence-electron chi connectivity index (χ1n) is 8.42. The Morgan fingerprint density at radius 3 is 2.42 bits per heavy atom. The quantitative estimate of drug-likeness (QED) is 0.373. The van der Waals surface area contributed by atoms with Crippen molar-refractivity contribution in [3.63, 3.8) is 0 Å². The molecule has 0 amide bonds. The molecule has 130 valence electrons. The standard InChI is InChI=1S/C23H21NOS/c1-18-11-13-22(14-12-18)26-16-15-23(24-20-8-4-3-5-9-20)19-7-6-10-21(17-19)25-2/h3-17H,1-2H3. The highest BCUT2D eigenvalue weighted by molar-refractivity contribution is 8.02. The van der Waals surface area contributed by atoms with Gasteiger partial charge in [-0.15, -0.1) is 0 Å². The first kappa shape index (κ1) is 18.0. The fourth-order valence-corrected chi connectivity index (χ4v) is 3.06. The van der Waals surface area contributed by atoms with Crippen molar-refractivity contribution in [2.75, 3.05) is 7.11 Å². The second-order valence-electron chi connectivity index (χ2n) is 5.80. The van der Waals surface area contributed by atoms with Gasteiger partial charge in [0.05, 0.1) is 18.5 Å². The Morgan fingerprint density at radius 1 is 0.923 bits per heavy atom. The monoisotopic (exact) mass is 359 g/mol. The van der Waals surface area contributed by atoms with Gasteiger partial charge in [0, 0.05) is 10.5 Å². The summed E-state index contributed by atoms with van der Waals surface area (Å²) in [6.07, 6.45) is 2.05. The first-order valence-corrected chi connectivity index (χ1v) is 9.30. The normalized spacial score (nSPS) is 11.7. The Morgan fingerprint density at radius 2 is 1.69 bits per heavy atom. The molecular formula is C23H21NOS. The molecule has 0 radical (unpaired) electrons. The molecular weight excluding hydrogens is 338 g/mol. The largest absolute Gasteiger partial charge is 0.497 e. The SMILES string of the molecule is COc1cccc(C(C=CSc2ccc(C)cc2)=Nc2ccccc2)c1. The number of allylic oxidation sites excluding steroid dienone is 1. The molecule has 0 unspecified atom stereocenters. The fraction of sp³-hybridized carbons (Fsp3) is 0.0870. The molecule has 0 bridgehead atoms. The van der Waals surface area contributed by atoms with Gasteiger partial charge >= 0.3 is 0 Å². The summed E-state index contributed by atoms with van der Waals surface area (Å²) >= 11 is 1.68. The van der Waals surface area contributed by atoms with Crippen LogP contribution in [0.2, 0.25) is 0 Å². The zero-order valence-electron chi connectivity index (χ0n) is 14.9. The molecule has 0 aliphatic heterocycles. The summed E-state index contributed by atoms with van der Waals surface area (Å²) in [6, 6.07) is 26.5. The van der Waals surface area contributed by atoms with Gasteiger partial charge in [-0.3, -0.25) is 0 Å². The van der Waals surface area contributed by atoms with Gasteiger partial charge in [-0.05, 0) is 54.8 Å². The summed E-state index contributed by atoms with van der Waals surface area (Å²) < 4.78 is 5.36. The van der Waals surface area contributed by atoms with Crippen molar-refractivity contribution in [1.29, 1.82) is 0 Å². The lowest BCUT2D eigenvalue weighted by Crippen LogP contribution is -1.97. The van der Waals surface area contributed by atoms with Gasteiger partial charge in [0.1, 0.15) is 5.75 Å². The molecule has 0 aliphatic rings. The van der Waals surface area contributed by atoms with Gasteiger partial charge in [-0.25, -0.2) is 4.99 Å². The van der Waals surface area contributed by atoms with Crippen molar-refractivity contribution in [3.05, 3.63) is 101 Å². The lowest BCUT2D eigenvalue weighted by Gasteiger charge is -2.06. The van der Waals surface area contributed by atoms with E-state index in [9.17, 15) is 0 Å². The summed E-state index contributed by atoms with van der Waals surface area (Å²) in [5, 5.41) is 2.08. The number of hydrogen-bond donors (Lipinski definition) is 0. The van der Waals surface area contributed by atoms with Crippen LogP contribution < -0.4 is 4.74 Å². The molecule has 3 aromatic rings. The molecule has 0 spiro atoms. The molecule has 0 heterocycles. The van der Waals surface area contributed by atoms with Gasteiger partial charge < -0.3 is 4.74 Å². The highest BCUT2D eigenvalue weighted by atomic mass is 32.2. The van der Waals surface area contributed by atoms with Crippen molar-refractivity contribution in [1.82, 2.24) is 0 Å². The molecule has 3 aromatic carbocycles. The summed E-state index contributed by atoms with van der Waals surface area (Å²) in [4.78, 5) is 6.02. The number of para-hydroxylation sites is 1. The van der Waals surface area contributed by atoms with E-state index in [-0.39, 0.29) is 0 Å². The van der Waals surface area contributed by atoms with Crippen LogP contribution in [0.5, 0.6) is 5.75 Å². The highest BCUT2D eigenvalue weighted by Crippen LogP contribution is 2.22. The predicted molar refractivity (Wildman–Crippen MR) is 112 cm³/mol. The Bertz CT molecular complexity index is 899. The van der Waals surface area contributed by atoms with E-state index < -0.39 is 0 Å². The fourth-order valence-electron chi connectivity index (χ4n) is 2.42. The van der Waals surface area contributed by atoms with E-state index in [1.165, 1.54) is 10.5 Å². The molecule has 0 atom stereocenters. The average molecular weight is 359 g/mol. The molecule has 3 heteroatoms. The van der Waals surface area contributed by atoms with E-state index in [1.807, 2.05) is 60.7 Å². The number of nitrogens with zero attached hydrogens (tertiary/aromatic N) is 1. The number of aliphatic imine (C=N–C) groups is 1. The average Bonchev–Trinajstić information content (AvgIpc) is 2.69. The zero-order valence-corrected chi connectivity index (χ0v) is 15.7. The summed E-state index contributed by atoms with van der Waals surface area (Å²) in [7, 11) is 1.68. The van der Waals surface area contributed by atoms with Crippen LogP contribution in [0.4, 0.5) is 5.69 Å². The molecule has 0 aromatic heterocycles. The van der Waals surface area contributed by atoms with Gasteiger partial charge in [-0.1, -0.05) is 59.8 Å². The van der Waals surface area contributed by atoms with E-state index >= 15 is 0 Å². The number of ether oxygens (including phenoxy) is 1. The van der Waals surface area contributed by atoms with Crippen LogP contribution in [0, 0.1) is 6.92 Å². The lowest BCUT2D eigenvalue weighted by atomic mass is 10.1. The van der Waals surface area contributed by atoms with Crippen LogP contribution >= 0.6 is 11.8 Å². The Hall–Kier alpha value is -2.78. The van der Waals surface area contributed by atoms with Crippen LogP contribution in [0.3, 0.4) is 0 Å². The Balaban J connectivity index is 1.88. The molecule has 0 saturated heterocycles. The third-order valence-electron chi connectivity index (χ3n) is 3.82. The second-order valence-corrected chi connectivity index (χ2v) is 6.78. The second kappa shape index (κ2) is 9.07. The maximum Gasteiger partial charge on any atom is 0.119 e. The van der Waals surface area contributed by atoms with Crippen LogP contribution in [-0.4, -0.2) is 12.8 Å². The van der Waals surface area contributed by atoms with Crippen molar-refractivity contribution in [2.24, 2.45) is 4.99 Å². The number of aryl methyl sites for hydroxylation is 1. The summed E-state index contributed by atoms with van der Waals surface area (Å²) in [5.41, 5.74) is 4.11. The van der Waals surface area contributed by atoms with Gasteiger partial charge in [0.25, 0.3) is 0 Å². The molecule has 0 N–H and O–H groups in total. The summed E-state index contributed by atoms with van der Waals surface area (Å²) in [6.45, 7) is 2.09. The van der Waals surface area contributed by atoms with Gasteiger partial charge in [-0.2, -0.15) is 0 Å². The third-order valence-corrected chi connectivity index (χ3v) is 4.64. The molecule has 0 aliphatic carbocycles. The number of thioether (sulfide) groups is 1. The van der Waals surface area contributed by atoms with Crippen molar-refractivity contribution in [3.8, 4) is 5.75 Å². The smallest absolute Gasteiger partial charge is 0.119 e. The maximum absolute atomic E-state index is 5.36. The number of rotatable bonds is 6. The van der Waals surface area contributed by atoms with Crippen molar-refractivity contribution < 1.29 is 4.74 Å². The topological polar surface area (TPSA) is 21.6 Å². The van der Waals surface area contributed by atoms with Crippen LogP contribution in [0.15, 0.2) is 100 Å². The maximum atomic E-state index is 5.36. The van der Waals surface area contributed by atoms with Crippen LogP contribution in [0.25, 0.3) is 0 Å².